The van der Waals surface area contributed by atoms with Gasteiger partial charge < -0.3 is 0 Å². The second kappa shape index (κ2) is 7.44. The molecule has 1 aromatic rings. The molecule has 0 spiro atoms. The van der Waals surface area contributed by atoms with Gasteiger partial charge in [0.2, 0.25) is 0 Å². The largest absolute Gasteiger partial charge is 0.261 e. The van der Waals surface area contributed by atoms with Crippen LogP contribution in [-0.4, -0.2) is 9.97 Å². The van der Waals surface area contributed by atoms with E-state index < -0.39 is 0 Å². The molecule has 0 bridgehead atoms. The molecule has 4 heteroatoms. The zero-order valence-corrected chi connectivity index (χ0v) is 10.4. The highest BCUT2D eigenvalue weighted by atomic mass is 15.1. The fourth-order valence-corrected chi connectivity index (χ4v) is 1.21. The van der Waals surface area contributed by atoms with Crippen molar-refractivity contribution in [1.29, 1.82) is 0 Å². The predicted octanol–water partition coefficient (Wildman–Crippen LogP) is 3.99. The van der Waals surface area contributed by atoms with Crippen LogP contribution < -0.4 is 0 Å². The fourth-order valence-electron chi connectivity index (χ4n) is 1.21. The Hall–Kier alpha value is -1.84. The van der Waals surface area contributed by atoms with Crippen LogP contribution in [0.2, 0.25) is 0 Å². The van der Waals surface area contributed by atoms with E-state index in [9.17, 15) is 0 Å². The molecule has 0 aliphatic heterocycles. The van der Waals surface area contributed by atoms with E-state index in [0.717, 1.165) is 30.7 Å². The van der Waals surface area contributed by atoms with Crippen LogP contribution in [0.4, 0.5) is 0 Å². The molecule has 1 aromatic heterocycles. The van der Waals surface area contributed by atoms with Crippen molar-refractivity contribution >= 4 is 5.70 Å². The first-order valence-corrected chi connectivity index (χ1v) is 5.78. The summed E-state index contributed by atoms with van der Waals surface area (Å²) in [5, 5.41) is 8.12. The minimum absolute atomic E-state index is 0.676. The molecule has 17 heavy (non-hydrogen) atoms. The summed E-state index contributed by atoms with van der Waals surface area (Å²) < 4.78 is 0. The van der Waals surface area contributed by atoms with Crippen molar-refractivity contribution in [3.63, 3.8) is 0 Å². The first kappa shape index (κ1) is 13.2. The Bertz CT molecular complexity index is 407. The molecular weight excluding hydrogens is 212 g/mol. The van der Waals surface area contributed by atoms with Gasteiger partial charge in [-0.3, -0.25) is 9.97 Å². The van der Waals surface area contributed by atoms with Crippen molar-refractivity contribution < 1.29 is 0 Å². The van der Waals surface area contributed by atoms with Gasteiger partial charge in [-0.2, -0.15) is 5.11 Å². The zero-order valence-electron chi connectivity index (χ0n) is 10.4. The maximum Gasteiger partial charge on any atom is 0.109 e. The van der Waals surface area contributed by atoms with Gasteiger partial charge in [0.1, 0.15) is 11.4 Å². The number of allylic oxidation sites excluding steroid dienone is 2. The normalized spacial score (nSPS) is 12.0. The Morgan fingerprint density at radius 3 is 2.82 bits per heavy atom. The van der Waals surface area contributed by atoms with Crippen LogP contribution in [0.15, 0.2) is 47.2 Å². The smallest absolute Gasteiger partial charge is 0.109 e. The van der Waals surface area contributed by atoms with Crippen LogP contribution >= 0.6 is 0 Å². The van der Waals surface area contributed by atoms with Gasteiger partial charge >= 0.3 is 0 Å². The lowest BCUT2D eigenvalue weighted by molar-refractivity contribution is 0.814. The van der Waals surface area contributed by atoms with Crippen LogP contribution in [0, 0.1) is 0 Å². The SMILES string of the molecule is C=C(C)N=N/C(=C\CCCC)c1cnccn1. The lowest BCUT2D eigenvalue weighted by Crippen LogP contribution is -1.87. The van der Waals surface area contributed by atoms with Crippen molar-refractivity contribution in [3.8, 4) is 0 Å². The number of azo groups is 1. The maximum absolute atomic E-state index is 4.22. The highest BCUT2D eigenvalue weighted by Crippen LogP contribution is 2.15. The molecule has 0 unspecified atom stereocenters. The first-order valence-electron chi connectivity index (χ1n) is 5.78. The molecule has 0 radical (unpaired) electrons. The monoisotopic (exact) mass is 230 g/mol. The van der Waals surface area contributed by atoms with Crippen molar-refractivity contribution in [3.05, 3.63) is 42.6 Å². The summed E-state index contributed by atoms with van der Waals surface area (Å²) in [5.74, 6) is 0. The van der Waals surface area contributed by atoms with Crippen LogP contribution in [-0.2, 0) is 0 Å². The summed E-state index contributed by atoms with van der Waals surface area (Å²) in [6, 6.07) is 0. The molecule has 0 saturated heterocycles. The molecule has 0 atom stereocenters. The third kappa shape index (κ3) is 5.15. The van der Waals surface area contributed by atoms with Crippen LogP contribution in [0.3, 0.4) is 0 Å². The van der Waals surface area contributed by atoms with E-state index in [1.54, 1.807) is 18.6 Å². The Morgan fingerprint density at radius 1 is 1.41 bits per heavy atom. The van der Waals surface area contributed by atoms with Crippen molar-refractivity contribution in [2.75, 3.05) is 0 Å². The van der Waals surface area contributed by atoms with E-state index in [1.165, 1.54) is 0 Å². The average molecular weight is 230 g/mol. The quantitative estimate of drug-likeness (QED) is 0.548. The van der Waals surface area contributed by atoms with E-state index in [-0.39, 0.29) is 0 Å². The highest BCUT2D eigenvalue weighted by Gasteiger charge is 2.01. The van der Waals surface area contributed by atoms with Gasteiger partial charge in [0, 0.05) is 12.4 Å². The summed E-state index contributed by atoms with van der Waals surface area (Å²) in [7, 11) is 0. The molecule has 0 fully saturated rings. The second-order valence-electron chi connectivity index (χ2n) is 3.76. The maximum atomic E-state index is 4.22. The number of nitrogens with zero attached hydrogens (tertiary/aromatic N) is 4. The lowest BCUT2D eigenvalue weighted by Gasteiger charge is -1.99. The molecule has 90 valence electrons. The van der Waals surface area contributed by atoms with E-state index in [4.69, 9.17) is 0 Å². The van der Waals surface area contributed by atoms with E-state index in [0.29, 0.717) is 5.70 Å². The molecule has 1 heterocycles. The number of hydrogen-bond donors (Lipinski definition) is 0. The molecule has 0 aliphatic carbocycles. The van der Waals surface area contributed by atoms with Gasteiger partial charge in [0.25, 0.3) is 0 Å². The Morgan fingerprint density at radius 2 is 2.24 bits per heavy atom. The zero-order chi connectivity index (χ0) is 12.5. The van der Waals surface area contributed by atoms with E-state index in [2.05, 4.69) is 33.7 Å². The lowest BCUT2D eigenvalue weighted by atomic mass is 10.2. The Kier molecular flexibility index (Phi) is 5.79. The minimum Gasteiger partial charge on any atom is -0.261 e. The van der Waals surface area contributed by atoms with E-state index >= 15 is 0 Å². The molecular formula is C13H18N4. The van der Waals surface area contributed by atoms with Crippen LogP contribution in [0.5, 0.6) is 0 Å². The van der Waals surface area contributed by atoms with Gasteiger partial charge in [0.15, 0.2) is 0 Å². The average Bonchev–Trinajstić information content (AvgIpc) is 2.34. The Labute approximate surface area is 102 Å². The molecule has 4 nitrogen and oxygen atoms in total. The summed E-state index contributed by atoms with van der Waals surface area (Å²) >= 11 is 0. The third-order valence-corrected chi connectivity index (χ3v) is 2.05. The van der Waals surface area contributed by atoms with E-state index in [1.807, 2.05) is 13.0 Å². The highest BCUT2D eigenvalue weighted by molar-refractivity contribution is 5.59. The molecule has 0 saturated carbocycles. The minimum atomic E-state index is 0.676. The van der Waals surface area contributed by atoms with Gasteiger partial charge in [-0.1, -0.05) is 26.0 Å². The second-order valence-corrected chi connectivity index (χ2v) is 3.76. The molecule has 0 amide bonds. The summed E-state index contributed by atoms with van der Waals surface area (Å²) in [5.41, 5.74) is 2.18. The van der Waals surface area contributed by atoms with Gasteiger partial charge in [0.05, 0.1) is 11.9 Å². The standard InChI is InChI=1S/C13H18N4/c1-4-5-6-7-12(17-16-11(2)3)13-10-14-8-9-15-13/h7-10H,2,4-6H2,1,3H3/b12-7-,17-16?. The fraction of sp³-hybridized carbons (Fsp3) is 0.385. The molecule has 1 rings (SSSR count). The van der Waals surface area contributed by atoms with Crippen molar-refractivity contribution in [2.45, 2.75) is 33.1 Å². The molecule has 0 aromatic carbocycles. The number of hydrogen-bond acceptors (Lipinski definition) is 4. The number of unbranched alkanes of at least 4 members (excludes halogenated alkanes) is 2. The van der Waals surface area contributed by atoms with Crippen molar-refractivity contribution in [2.24, 2.45) is 10.2 Å². The van der Waals surface area contributed by atoms with Crippen LogP contribution in [0.25, 0.3) is 5.70 Å². The van der Waals surface area contributed by atoms with Gasteiger partial charge in [-0.25, -0.2) is 0 Å². The predicted molar refractivity (Wildman–Crippen MR) is 69.2 cm³/mol. The van der Waals surface area contributed by atoms with Gasteiger partial charge in [-0.15, -0.1) is 5.11 Å². The van der Waals surface area contributed by atoms with Gasteiger partial charge in [-0.05, 0) is 19.8 Å². The summed E-state index contributed by atoms with van der Waals surface area (Å²) in [4.78, 5) is 8.26. The Balaban J connectivity index is 2.86. The third-order valence-electron chi connectivity index (χ3n) is 2.05. The number of aromatic nitrogens is 2. The molecule has 0 N–H and O–H groups in total. The summed E-state index contributed by atoms with van der Waals surface area (Å²) in [6.45, 7) is 7.66. The first-order chi connectivity index (χ1) is 8.24. The summed E-state index contributed by atoms with van der Waals surface area (Å²) in [6.07, 6.45) is 10.3. The topological polar surface area (TPSA) is 50.5 Å². The van der Waals surface area contributed by atoms with Crippen molar-refractivity contribution in [1.82, 2.24) is 9.97 Å². The number of rotatable bonds is 6. The van der Waals surface area contributed by atoms with Crippen LogP contribution in [0.1, 0.15) is 38.8 Å². The molecule has 0 aliphatic rings.